The molecular weight excluding hydrogens is 835 g/mol. The molecular formula is C51H89NO13. The highest BCUT2D eigenvalue weighted by molar-refractivity contribution is 5.76. The van der Waals surface area contributed by atoms with Gasteiger partial charge in [0.25, 0.3) is 0 Å². The van der Waals surface area contributed by atoms with Crippen LogP contribution in [0.4, 0.5) is 0 Å². The Morgan fingerprint density at radius 1 is 0.569 bits per heavy atom. The largest absolute Gasteiger partial charge is 0.394 e. The Morgan fingerprint density at radius 2 is 1.06 bits per heavy atom. The molecule has 2 heterocycles. The van der Waals surface area contributed by atoms with E-state index < -0.39 is 86.8 Å². The molecule has 2 saturated heterocycles. The molecule has 0 radical (unpaired) electrons. The van der Waals surface area contributed by atoms with Crippen molar-refractivity contribution in [3.8, 4) is 0 Å². The van der Waals surface area contributed by atoms with Crippen LogP contribution in [0.25, 0.3) is 0 Å². The molecule has 2 fully saturated rings. The molecule has 14 nitrogen and oxygen atoms in total. The van der Waals surface area contributed by atoms with Crippen LogP contribution < -0.4 is 5.32 Å². The smallest absolute Gasteiger partial charge is 0.220 e. The van der Waals surface area contributed by atoms with E-state index in [1.54, 1.807) is 0 Å². The number of aliphatic hydroxyl groups is 8. The first-order valence-electron chi connectivity index (χ1n) is 25.0. The van der Waals surface area contributed by atoms with Gasteiger partial charge in [-0.25, -0.2) is 0 Å². The molecule has 14 heteroatoms. The van der Waals surface area contributed by atoms with E-state index in [0.717, 1.165) is 96.3 Å². The van der Waals surface area contributed by atoms with E-state index in [4.69, 9.17) is 18.9 Å². The number of carbonyl (C=O) groups excluding carboxylic acids is 1. The second-order valence-electron chi connectivity index (χ2n) is 17.6. The summed E-state index contributed by atoms with van der Waals surface area (Å²) in [4.78, 5) is 13.1. The number of nitrogens with one attached hydrogen (secondary N) is 1. The summed E-state index contributed by atoms with van der Waals surface area (Å²) in [5, 5.41) is 86.4. The van der Waals surface area contributed by atoms with Gasteiger partial charge < -0.3 is 65.1 Å². The highest BCUT2D eigenvalue weighted by Gasteiger charge is 2.51. The minimum Gasteiger partial charge on any atom is -0.394 e. The highest BCUT2D eigenvalue weighted by atomic mass is 16.7. The molecule has 376 valence electrons. The number of hydrogen-bond acceptors (Lipinski definition) is 13. The molecule has 0 spiro atoms. The Hall–Kier alpha value is -2.31. The number of allylic oxidation sites excluding steroid dienone is 10. The van der Waals surface area contributed by atoms with Crippen molar-refractivity contribution in [2.24, 2.45) is 0 Å². The summed E-state index contributed by atoms with van der Waals surface area (Å²) in [5.74, 6) is -0.223. The quantitative estimate of drug-likeness (QED) is 0.0248. The van der Waals surface area contributed by atoms with Crippen LogP contribution in [0.1, 0.15) is 162 Å². The normalized spacial score (nSPS) is 27.5. The molecule has 9 N–H and O–H groups in total. The summed E-state index contributed by atoms with van der Waals surface area (Å²) < 4.78 is 22.6. The Morgan fingerprint density at radius 3 is 1.63 bits per heavy atom. The zero-order chi connectivity index (χ0) is 47.5. The fraction of sp³-hybridized carbons (Fsp3) is 0.784. The fourth-order valence-electron chi connectivity index (χ4n) is 7.91. The summed E-state index contributed by atoms with van der Waals surface area (Å²) in [6.45, 7) is 2.63. The lowest BCUT2D eigenvalue weighted by molar-refractivity contribution is -0.359. The number of carbonyl (C=O) groups is 1. The van der Waals surface area contributed by atoms with Gasteiger partial charge in [0.1, 0.15) is 48.8 Å². The lowest BCUT2D eigenvalue weighted by Gasteiger charge is -2.46. The highest BCUT2D eigenvalue weighted by Crippen LogP contribution is 2.30. The summed E-state index contributed by atoms with van der Waals surface area (Å²) in [7, 11) is 0. The van der Waals surface area contributed by atoms with Gasteiger partial charge in [-0.2, -0.15) is 0 Å². The number of ether oxygens (including phenoxy) is 4. The molecule has 0 saturated carbocycles. The molecule has 2 aliphatic rings. The van der Waals surface area contributed by atoms with Crippen LogP contribution >= 0.6 is 0 Å². The Labute approximate surface area is 390 Å². The monoisotopic (exact) mass is 924 g/mol. The minimum absolute atomic E-state index is 0.223. The standard InChI is InChI=1S/C51H89NO13/c1-3-5-7-9-11-12-13-14-15-16-17-18-19-20-21-22-23-24-25-26-27-28-29-31-33-35-43(56)52-39(40(55)34-32-30-10-8-6-4-2)38-62-50-48(61)46(59)49(42(37-54)64-50)65-51-47(60)45(58)44(57)41(36-53)63-51/h5,7,11-12,14-15,17-18,20-21,39-42,44-51,53-55,57-61H,3-4,6,8-10,13,16,19,22-38H2,1-2H3,(H,52,56)/b7-5-,12-11-,15-14-,18-17-,21-20-. The first kappa shape index (κ1) is 58.8. The lowest BCUT2D eigenvalue weighted by Crippen LogP contribution is -2.65. The second kappa shape index (κ2) is 37.6. The van der Waals surface area contributed by atoms with Gasteiger partial charge in [0.2, 0.25) is 5.91 Å². The molecule has 12 atom stereocenters. The zero-order valence-corrected chi connectivity index (χ0v) is 39.7. The summed E-state index contributed by atoms with van der Waals surface area (Å²) in [6.07, 6.45) is 28.4. The van der Waals surface area contributed by atoms with Gasteiger partial charge in [-0.05, 0) is 57.8 Å². The Balaban J connectivity index is 1.70. The maximum absolute atomic E-state index is 13.1. The summed E-state index contributed by atoms with van der Waals surface area (Å²) in [5.41, 5.74) is 0. The van der Waals surface area contributed by atoms with Crippen molar-refractivity contribution in [3.05, 3.63) is 60.8 Å². The average molecular weight is 924 g/mol. The van der Waals surface area contributed by atoms with Gasteiger partial charge in [-0.3, -0.25) is 4.79 Å². The van der Waals surface area contributed by atoms with Gasteiger partial charge >= 0.3 is 0 Å². The number of amides is 1. The van der Waals surface area contributed by atoms with Crippen molar-refractivity contribution in [1.29, 1.82) is 0 Å². The van der Waals surface area contributed by atoms with Crippen molar-refractivity contribution < 1.29 is 64.6 Å². The fourth-order valence-corrected chi connectivity index (χ4v) is 7.91. The van der Waals surface area contributed by atoms with E-state index in [-0.39, 0.29) is 12.5 Å². The average Bonchev–Trinajstić information content (AvgIpc) is 3.30. The van der Waals surface area contributed by atoms with Crippen molar-refractivity contribution in [2.45, 2.75) is 235 Å². The molecule has 0 aromatic heterocycles. The van der Waals surface area contributed by atoms with Crippen LogP contribution in [0, 0.1) is 0 Å². The van der Waals surface area contributed by atoms with Crippen LogP contribution in [0.5, 0.6) is 0 Å². The molecule has 2 aliphatic heterocycles. The van der Waals surface area contributed by atoms with E-state index in [1.165, 1.54) is 32.1 Å². The topological polar surface area (TPSA) is 228 Å². The van der Waals surface area contributed by atoms with E-state index in [2.05, 4.69) is 79.9 Å². The second-order valence-corrected chi connectivity index (χ2v) is 17.6. The summed E-state index contributed by atoms with van der Waals surface area (Å²) >= 11 is 0. The number of hydrogen-bond donors (Lipinski definition) is 9. The maximum atomic E-state index is 13.1. The zero-order valence-electron chi connectivity index (χ0n) is 39.7. The molecule has 0 bridgehead atoms. The van der Waals surface area contributed by atoms with Crippen molar-refractivity contribution in [3.63, 3.8) is 0 Å². The predicted molar refractivity (Wildman–Crippen MR) is 254 cm³/mol. The first-order chi connectivity index (χ1) is 31.6. The minimum atomic E-state index is -1.78. The van der Waals surface area contributed by atoms with Gasteiger partial charge in [0, 0.05) is 6.42 Å². The number of rotatable bonds is 37. The first-order valence-corrected chi connectivity index (χ1v) is 25.0. The van der Waals surface area contributed by atoms with Gasteiger partial charge in [0.05, 0.1) is 32.0 Å². The van der Waals surface area contributed by atoms with Crippen LogP contribution in [0.15, 0.2) is 60.8 Å². The predicted octanol–water partition coefficient (Wildman–Crippen LogP) is 6.27. The van der Waals surface area contributed by atoms with Gasteiger partial charge in [0.15, 0.2) is 12.6 Å². The van der Waals surface area contributed by atoms with Crippen molar-refractivity contribution >= 4 is 5.91 Å². The molecule has 1 amide bonds. The third kappa shape index (κ3) is 25.0. The molecule has 0 aromatic rings. The van der Waals surface area contributed by atoms with Gasteiger partial charge in [-0.15, -0.1) is 0 Å². The number of aliphatic hydroxyl groups excluding tert-OH is 8. The van der Waals surface area contributed by atoms with Crippen LogP contribution in [0.3, 0.4) is 0 Å². The van der Waals surface area contributed by atoms with Crippen LogP contribution in [0.2, 0.25) is 0 Å². The van der Waals surface area contributed by atoms with Crippen molar-refractivity contribution in [2.75, 3.05) is 19.8 Å². The molecule has 0 aromatic carbocycles. The molecule has 2 rings (SSSR count). The van der Waals surface area contributed by atoms with Crippen LogP contribution in [-0.2, 0) is 23.7 Å². The van der Waals surface area contributed by atoms with E-state index in [0.29, 0.717) is 19.3 Å². The molecule has 65 heavy (non-hydrogen) atoms. The third-order valence-corrected chi connectivity index (χ3v) is 12.0. The number of unbranched alkanes of at least 4 members (excludes halogenated alkanes) is 14. The molecule has 0 aliphatic carbocycles. The van der Waals surface area contributed by atoms with Crippen molar-refractivity contribution in [1.82, 2.24) is 5.32 Å². The maximum Gasteiger partial charge on any atom is 0.220 e. The SMILES string of the molecule is CC/C=C\C/C=C\C/C=C\C/C=C\C/C=C\CCCCCCCCCCCC(=O)NC(COC1OC(CO)C(OC2OC(CO)C(O)C(O)C2O)C(O)C1O)C(O)CCCCCCCC. The van der Waals surface area contributed by atoms with Gasteiger partial charge in [-0.1, -0.05) is 158 Å². The third-order valence-electron chi connectivity index (χ3n) is 12.0. The molecule has 12 unspecified atom stereocenters. The van der Waals surface area contributed by atoms with E-state index >= 15 is 0 Å². The van der Waals surface area contributed by atoms with E-state index in [1.807, 2.05) is 0 Å². The Kier molecular flexibility index (Phi) is 34.1. The van der Waals surface area contributed by atoms with Crippen LogP contribution in [-0.4, -0.2) is 140 Å². The van der Waals surface area contributed by atoms with E-state index in [9.17, 15) is 45.6 Å². The summed E-state index contributed by atoms with van der Waals surface area (Å²) in [6, 6.07) is -0.831. The Bertz CT molecular complexity index is 1320. The lowest BCUT2D eigenvalue weighted by atomic mass is 9.97.